The number of hydrogen-bond donors (Lipinski definition) is 5. The van der Waals surface area contributed by atoms with Crippen molar-refractivity contribution >= 4 is 17.8 Å². The van der Waals surface area contributed by atoms with Gasteiger partial charge in [0.1, 0.15) is 12.1 Å². The Kier molecular flexibility index (Phi) is 6.83. The van der Waals surface area contributed by atoms with E-state index in [4.69, 9.17) is 21.7 Å². The topological polar surface area (TPSA) is 156 Å². The highest BCUT2D eigenvalue weighted by Gasteiger charge is 2.16. The normalized spacial score (nSPS) is 13.8. The molecule has 0 aliphatic rings. The average Bonchev–Trinajstić information content (AvgIpc) is 2.23. The van der Waals surface area contributed by atoms with Gasteiger partial charge < -0.3 is 27.0 Å². The Labute approximate surface area is 98.0 Å². The lowest BCUT2D eigenvalue weighted by atomic mass is 10.1. The zero-order valence-corrected chi connectivity index (χ0v) is 9.26. The Morgan fingerprint density at radius 3 is 2.06 bits per heavy atom. The maximum Gasteiger partial charge on any atom is 0.321 e. The first-order valence-corrected chi connectivity index (χ1v) is 5.08. The van der Waals surface area contributed by atoms with E-state index < -0.39 is 29.9 Å². The van der Waals surface area contributed by atoms with Gasteiger partial charge in [-0.1, -0.05) is 0 Å². The highest BCUT2D eigenvalue weighted by atomic mass is 16.4. The van der Waals surface area contributed by atoms with Crippen LogP contribution in [-0.4, -0.2) is 46.7 Å². The number of aliphatic carboxylic acids is 2. The number of carboxylic acids is 2. The fourth-order valence-corrected chi connectivity index (χ4v) is 1.03. The van der Waals surface area contributed by atoms with Gasteiger partial charge in [0.15, 0.2) is 0 Å². The third kappa shape index (κ3) is 7.25. The van der Waals surface area contributed by atoms with Gasteiger partial charge in [-0.25, -0.2) is 0 Å². The van der Waals surface area contributed by atoms with E-state index in [0.717, 1.165) is 0 Å². The van der Waals surface area contributed by atoms with Gasteiger partial charge in [-0.15, -0.1) is 0 Å². The molecule has 0 aromatic heterocycles. The molecular formula is C9H17N3O5. The molecule has 17 heavy (non-hydrogen) atoms. The minimum Gasteiger partial charge on any atom is -0.480 e. The summed E-state index contributed by atoms with van der Waals surface area (Å²) in [6, 6.07) is -2.18. The summed E-state index contributed by atoms with van der Waals surface area (Å²) in [5.74, 6) is -2.82. The van der Waals surface area contributed by atoms with E-state index in [0.29, 0.717) is 6.42 Å². The molecule has 0 aromatic carbocycles. The largest absolute Gasteiger partial charge is 0.480 e. The molecule has 1 amide bonds. The van der Waals surface area contributed by atoms with Crippen molar-refractivity contribution in [2.45, 2.75) is 31.3 Å². The van der Waals surface area contributed by atoms with Crippen LogP contribution in [0.15, 0.2) is 0 Å². The van der Waals surface area contributed by atoms with Crippen molar-refractivity contribution in [1.82, 2.24) is 5.32 Å². The predicted molar refractivity (Wildman–Crippen MR) is 58.1 cm³/mol. The van der Waals surface area contributed by atoms with Gasteiger partial charge >= 0.3 is 11.9 Å². The molecule has 98 valence electrons. The quantitative estimate of drug-likeness (QED) is 0.313. The van der Waals surface area contributed by atoms with Crippen LogP contribution in [0.5, 0.6) is 0 Å². The molecule has 0 aliphatic heterocycles. The molecule has 0 spiro atoms. The molecule has 0 fully saturated rings. The summed E-state index contributed by atoms with van der Waals surface area (Å²) in [6.07, 6.45) is 0.336. The summed E-state index contributed by atoms with van der Waals surface area (Å²) in [7, 11) is 0. The molecule has 0 heterocycles. The molecule has 0 saturated heterocycles. The van der Waals surface area contributed by atoms with Crippen LogP contribution in [0.2, 0.25) is 0 Å². The second-order valence-electron chi connectivity index (χ2n) is 3.59. The van der Waals surface area contributed by atoms with E-state index in [2.05, 4.69) is 5.32 Å². The van der Waals surface area contributed by atoms with Gasteiger partial charge in [-0.05, 0) is 12.8 Å². The summed E-state index contributed by atoms with van der Waals surface area (Å²) < 4.78 is 0. The fourth-order valence-electron chi connectivity index (χ4n) is 1.03. The molecule has 0 saturated carbocycles. The van der Waals surface area contributed by atoms with E-state index in [1.165, 1.54) is 0 Å². The zero-order chi connectivity index (χ0) is 13.4. The number of nitrogens with one attached hydrogen (secondary N) is 1. The Morgan fingerprint density at radius 1 is 1.06 bits per heavy atom. The monoisotopic (exact) mass is 247 g/mol. The summed E-state index contributed by atoms with van der Waals surface area (Å²) in [5.41, 5.74) is 10.4. The van der Waals surface area contributed by atoms with Gasteiger partial charge in [0.05, 0.1) is 6.42 Å². The minimum absolute atomic E-state index is 0.237. The number of carbonyl (C=O) groups is 3. The summed E-state index contributed by atoms with van der Waals surface area (Å²) in [4.78, 5) is 31.8. The smallest absolute Gasteiger partial charge is 0.321 e. The first-order chi connectivity index (χ1) is 7.84. The van der Waals surface area contributed by atoms with Crippen molar-refractivity contribution in [3.8, 4) is 0 Å². The SMILES string of the molecule is NC(CCCNC(=O)CC(N)C(=O)O)C(=O)O. The van der Waals surface area contributed by atoms with Crippen molar-refractivity contribution in [2.24, 2.45) is 11.5 Å². The molecule has 8 nitrogen and oxygen atoms in total. The van der Waals surface area contributed by atoms with Crippen LogP contribution in [0, 0.1) is 0 Å². The van der Waals surface area contributed by atoms with Crippen LogP contribution < -0.4 is 16.8 Å². The minimum atomic E-state index is -1.24. The Hall–Kier alpha value is -1.67. The van der Waals surface area contributed by atoms with Crippen LogP contribution in [0.3, 0.4) is 0 Å². The summed E-state index contributed by atoms with van der Waals surface area (Å²) in [5, 5.41) is 19.4. The van der Waals surface area contributed by atoms with Gasteiger partial charge in [0, 0.05) is 6.54 Å². The van der Waals surface area contributed by atoms with E-state index in [1.54, 1.807) is 0 Å². The molecular weight excluding hydrogens is 230 g/mol. The Morgan fingerprint density at radius 2 is 1.59 bits per heavy atom. The zero-order valence-electron chi connectivity index (χ0n) is 9.26. The van der Waals surface area contributed by atoms with E-state index in [1.807, 2.05) is 0 Å². The molecule has 8 heteroatoms. The van der Waals surface area contributed by atoms with E-state index >= 15 is 0 Å². The lowest BCUT2D eigenvalue weighted by molar-refractivity contribution is -0.140. The third-order valence-electron chi connectivity index (χ3n) is 2.05. The number of nitrogens with two attached hydrogens (primary N) is 2. The van der Waals surface area contributed by atoms with Crippen LogP contribution in [0.4, 0.5) is 0 Å². The number of carbonyl (C=O) groups excluding carboxylic acids is 1. The van der Waals surface area contributed by atoms with Gasteiger partial charge in [0.25, 0.3) is 0 Å². The van der Waals surface area contributed by atoms with Crippen molar-refractivity contribution in [2.75, 3.05) is 6.54 Å². The standard InChI is InChI=1S/C9H17N3O5/c10-5(8(14)15)2-1-3-12-7(13)4-6(11)9(16)17/h5-6H,1-4,10-11H2,(H,12,13)(H,14,15)(H,16,17). The number of carboxylic acid groups (broad SMARTS) is 2. The second kappa shape index (κ2) is 7.58. The van der Waals surface area contributed by atoms with Crippen molar-refractivity contribution < 1.29 is 24.6 Å². The van der Waals surface area contributed by atoms with Crippen LogP contribution in [-0.2, 0) is 14.4 Å². The molecule has 2 atom stereocenters. The number of hydrogen-bond acceptors (Lipinski definition) is 5. The molecule has 0 aliphatic carbocycles. The Bertz CT molecular complexity index is 294. The predicted octanol–water partition coefficient (Wildman–Crippen LogP) is -1.90. The number of rotatable bonds is 8. The summed E-state index contributed by atoms with van der Waals surface area (Å²) in [6.45, 7) is 0.242. The van der Waals surface area contributed by atoms with Crippen LogP contribution in [0.1, 0.15) is 19.3 Å². The molecule has 0 bridgehead atoms. The van der Waals surface area contributed by atoms with Crippen LogP contribution >= 0.6 is 0 Å². The third-order valence-corrected chi connectivity index (χ3v) is 2.05. The lowest BCUT2D eigenvalue weighted by Gasteiger charge is -2.09. The fraction of sp³-hybridized carbons (Fsp3) is 0.667. The van der Waals surface area contributed by atoms with Crippen LogP contribution in [0.25, 0.3) is 0 Å². The first-order valence-electron chi connectivity index (χ1n) is 5.08. The van der Waals surface area contributed by atoms with Gasteiger partial charge in [0.2, 0.25) is 5.91 Å². The maximum absolute atomic E-state index is 11.1. The molecule has 2 unspecified atom stereocenters. The summed E-state index contributed by atoms with van der Waals surface area (Å²) >= 11 is 0. The average molecular weight is 247 g/mol. The molecule has 0 rings (SSSR count). The van der Waals surface area contributed by atoms with E-state index in [9.17, 15) is 14.4 Å². The lowest BCUT2D eigenvalue weighted by Crippen LogP contribution is -2.37. The van der Waals surface area contributed by atoms with Crippen molar-refractivity contribution in [1.29, 1.82) is 0 Å². The van der Waals surface area contributed by atoms with Gasteiger partial charge in [-0.2, -0.15) is 0 Å². The molecule has 0 radical (unpaired) electrons. The number of amides is 1. The molecule has 0 aromatic rings. The van der Waals surface area contributed by atoms with Gasteiger partial charge in [-0.3, -0.25) is 14.4 Å². The highest BCUT2D eigenvalue weighted by Crippen LogP contribution is 1.94. The highest BCUT2D eigenvalue weighted by molar-refractivity contribution is 5.84. The van der Waals surface area contributed by atoms with E-state index in [-0.39, 0.29) is 19.4 Å². The first kappa shape index (κ1) is 15.3. The van der Waals surface area contributed by atoms with Crippen molar-refractivity contribution in [3.05, 3.63) is 0 Å². The maximum atomic E-state index is 11.1. The second-order valence-corrected chi connectivity index (χ2v) is 3.59. The molecule has 7 N–H and O–H groups in total. The van der Waals surface area contributed by atoms with Crippen molar-refractivity contribution in [3.63, 3.8) is 0 Å². The Balaban J connectivity index is 3.65.